The summed E-state index contributed by atoms with van der Waals surface area (Å²) in [6.45, 7) is 8.37. The van der Waals surface area contributed by atoms with Gasteiger partial charge in [0.25, 0.3) is 5.78 Å². The van der Waals surface area contributed by atoms with Crippen LogP contribution in [-0.2, 0) is 21.4 Å². The van der Waals surface area contributed by atoms with Crippen LogP contribution in [0.4, 0.5) is 5.13 Å². The maximum Gasteiger partial charge on any atom is 0.301 e. The topological polar surface area (TPSA) is 89.0 Å². The third kappa shape index (κ3) is 4.32. The average molecular weight is 555 g/mol. The molecule has 1 aromatic heterocycles. The zero-order chi connectivity index (χ0) is 28.3. The molecular formula is C32H30N2O5S. The predicted molar refractivity (Wildman–Crippen MR) is 156 cm³/mol. The van der Waals surface area contributed by atoms with Crippen LogP contribution in [0.5, 0.6) is 11.5 Å². The van der Waals surface area contributed by atoms with Crippen molar-refractivity contribution in [1.82, 2.24) is 4.98 Å². The molecule has 2 aliphatic heterocycles. The number of hydrogen-bond donors (Lipinski definition) is 1. The monoisotopic (exact) mass is 554 g/mol. The van der Waals surface area contributed by atoms with Crippen LogP contribution in [0.2, 0.25) is 0 Å². The fourth-order valence-electron chi connectivity index (χ4n) is 5.36. The highest BCUT2D eigenvalue weighted by Crippen LogP contribution is 2.45. The van der Waals surface area contributed by atoms with Crippen molar-refractivity contribution >= 4 is 44.1 Å². The normalized spacial score (nSPS) is 20.2. The molecule has 6 rings (SSSR count). The average Bonchev–Trinajstić information content (AvgIpc) is 3.59. The van der Waals surface area contributed by atoms with Gasteiger partial charge in [-0.3, -0.25) is 14.5 Å². The molecule has 7 nitrogen and oxygen atoms in total. The Hall–Kier alpha value is -4.17. The van der Waals surface area contributed by atoms with Gasteiger partial charge in [0.2, 0.25) is 0 Å². The molecule has 40 heavy (non-hydrogen) atoms. The summed E-state index contributed by atoms with van der Waals surface area (Å²) in [4.78, 5) is 33.4. The lowest BCUT2D eigenvalue weighted by atomic mass is 9.85. The number of rotatable bonds is 4. The van der Waals surface area contributed by atoms with Crippen LogP contribution in [0, 0.1) is 0 Å². The van der Waals surface area contributed by atoms with Gasteiger partial charge in [-0.1, -0.05) is 56.4 Å². The van der Waals surface area contributed by atoms with Gasteiger partial charge in [-0.15, -0.1) is 0 Å². The first kappa shape index (κ1) is 26.1. The molecule has 1 N–H and O–H groups in total. The molecule has 2 unspecified atom stereocenters. The molecule has 8 heteroatoms. The van der Waals surface area contributed by atoms with E-state index in [0.717, 1.165) is 21.6 Å². The summed E-state index contributed by atoms with van der Waals surface area (Å²) in [5.41, 5.74) is 3.92. The Labute approximate surface area is 236 Å². The molecule has 0 saturated carbocycles. The smallest absolute Gasteiger partial charge is 0.301 e. The fraction of sp³-hybridized carbons (Fsp3) is 0.281. The van der Waals surface area contributed by atoms with E-state index in [2.05, 4.69) is 20.8 Å². The van der Waals surface area contributed by atoms with E-state index in [-0.39, 0.29) is 22.9 Å². The maximum atomic E-state index is 13.6. The zero-order valence-electron chi connectivity index (χ0n) is 23.0. The standard InChI is InChI=1S/C32H30N2O5S/c1-17-14-20-15-19(8-13-24(20)39-17)28(35)26-27(18-6-9-21(10-7-18)32(2,3)4)34(30(37)29(26)36)31-33-23-12-11-22(38-5)16-25(23)40-31/h6-13,15-17,27,35H,14H2,1-5H3/b28-26-. The number of Topliss-reactive ketones (excluding diaryl/α,β-unsaturated/α-hetero) is 1. The SMILES string of the molecule is COc1ccc2nc(N3C(=O)C(=O)/C(=C(\O)c4ccc5c(c4)CC(C)O5)C3c3ccc(C(C)(C)C)cc3)sc2c1. The summed E-state index contributed by atoms with van der Waals surface area (Å²) in [7, 11) is 1.59. The molecule has 3 heterocycles. The number of aromatic nitrogens is 1. The number of anilines is 1. The molecule has 2 aliphatic rings. The molecule has 1 saturated heterocycles. The number of hydrogen-bond acceptors (Lipinski definition) is 7. The molecule has 1 amide bonds. The molecular weight excluding hydrogens is 524 g/mol. The van der Waals surface area contributed by atoms with E-state index in [9.17, 15) is 14.7 Å². The lowest BCUT2D eigenvalue weighted by Gasteiger charge is -2.24. The van der Waals surface area contributed by atoms with Crippen LogP contribution in [0.3, 0.4) is 0 Å². The molecule has 4 aromatic rings. The van der Waals surface area contributed by atoms with E-state index in [1.165, 1.54) is 16.2 Å². The van der Waals surface area contributed by atoms with E-state index in [4.69, 9.17) is 14.5 Å². The second-order valence-corrected chi connectivity index (χ2v) is 12.3. The van der Waals surface area contributed by atoms with E-state index >= 15 is 0 Å². The Morgan fingerprint density at radius 1 is 1.07 bits per heavy atom. The highest BCUT2D eigenvalue weighted by atomic mass is 32.1. The van der Waals surface area contributed by atoms with Gasteiger partial charge < -0.3 is 14.6 Å². The van der Waals surface area contributed by atoms with E-state index in [1.807, 2.05) is 49.4 Å². The van der Waals surface area contributed by atoms with Crippen molar-refractivity contribution < 1.29 is 24.2 Å². The number of methoxy groups -OCH3 is 1. The van der Waals surface area contributed by atoms with Crippen molar-refractivity contribution in [1.29, 1.82) is 0 Å². The van der Waals surface area contributed by atoms with Crippen LogP contribution in [-0.4, -0.2) is 35.0 Å². The van der Waals surface area contributed by atoms with Crippen LogP contribution < -0.4 is 14.4 Å². The van der Waals surface area contributed by atoms with Gasteiger partial charge in [0.1, 0.15) is 23.4 Å². The first-order valence-electron chi connectivity index (χ1n) is 13.2. The van der Waals surface area contributed by atoms with Crippen molar-refractivity contribution in [3.63, 3.8) is 0 Å². The second-order valence-electron chi connectivity index (χ2n) is 11.3. The lowest BCUT2D eigenvalue weighted by molar-refractivity contribution is -0.132. The van der Waals surface area contributed by atoms with Crippen LogP contribution >= 0.6 is 11.3 Å². The number of aliphatic hydroxyl groups excluding tert-OH is 1. The van der Waals surface area contributed by atoms with Gasteiger partial charge >= 0.3 is 5.91 Å². The molecule has 0 spiro atoms. The van der Waals surface area contributed by atoms with Crippen molar-refractivity contribution in [2.75, 3.05) is 12.0 Å². The zero-order valence-corrected chi connectivity index (χ0v) is 23.8. The Morgan fingerprint density at radius 3 is 2.52 bits per heavy atom. The summed E-state index contributed by atoms with van der Waals surface area (Å²) in [6.07, 6.45) is 0.745. The summed E-state index contributed by atoms with van der Waals surface area (Å²) < 4.78 is 12.0. The number of amides is 1. The maximum absolute atomic E-state index is 13.6. The van der Waals surface area contributed by atoms with Gasteiger partial charge in [0.15, 0.2) is 5.13 Å². The number of fused-ring (bicyclic) bond motifs is 2. The number of ether oxygens (including phenoxy) is 2. The van der Waals surface area contributed by atoms with E-state index in [1.54, 1.807) is 25.3 Å². The molecule has 0 bridgehead atoms. The summed E-state index contributed by atoms with van der Waals surface area (Å²) in [5, 5.41) is 12.0. The fourth-order valence-corrected chi connectivity index (χ4v) is 6.38. The molecule has 3 aromatic carbocycles. The van der Waals surface area contributed by atoms with Gasteiger partial charge in [-0.25, -0.2) is 4.98 Å². The minimum Gasteiger partial charge on any atom is -0.507 e. The van der Waals surface area contributed by atoms with Crippen LogP contribution in [0.15, 0.2) is 66.2 Å². The quantitative estimate of drug-likeness (QED) is 0.175. The number of carbonyl (C=O) groups is 2. The van der Waals surface area contributed by atoms with Gasteiger partial charge in [-0.05, 0) is 65.4 Å². The Bertz CT molecular complexity index is 1700. The molecule has 204 valence electrons. The van der Waals surface area contributed by atoms with E-state index in [0.29, 0.717) is 33.9 Å². The number of nitrogens with zero attached hydrogens (tertiary/aromatic N) is 2. The molecule has 1 fully saturated rings. The molecule has 0 aliphatic carbocycles. The minimum atomic E-state index is -0.847. The van der Waals surface area contributed by atoms with Crippen LogP contribution in [0.1, 0.15) is 56.0 Å². The highest BCUT2D eigenvalue weighted by molar-refractivity contribution is 7.22. The number of aliphatic hydroxyl groups is 1. The lowest BCUT2D eigenvalue weighted by Crippen LogP contribution is -2.29. The predicted octanol–water partition coefficient (Wildman–Crippen LogP) is 6.55. The first-order valence-corrected chi connectivity index (χ1v) is 14.0. The first-order chi connectivity index (χ1) is 19.0. The third-order valence-electron chi connectivity index (χ3n) is 7.50. The number of thiazole rings is 1. The van der Waals surface area contributed by atoms with Crippen molar-refractivity contribution in [2.24, 2.45) is 0 Å². The van der Waals surface area contributed by atoms with Gasteiger partial charge in [0, 0.05) is 12.0 Å². The number of benzene rings is 3. The van der Waals surface area contributed by atoms with E-state index < -0.39 is 17.7 Å². The minimum absolute atomic E-state index is 0.0389. The molecule has 0 radical (unpaired) electrons. The summed E-state index contributed by atoms with van der Waals surface area (Å²) in [5.74, 6) is -0.242. The van der Waals surface area contributed by atoms with Crippen molar-refractivity contribution in [3.8, 4) is 11.5 Å². The summed E-state index contributed by atoms with van der Waals surface area (Å²) in [6, 6.07) is 17.9. The molecule has 2 atom stereocenters. The highest BCUT2D eigenvalue weighted by Gasteiger charge is 2.48. The second kappa shape index (κ2) is 9.48. The van der Waals surface area contributed by atoms with Gasteiger partial charge in [0.05, 0.1) is 28.9 Å². The number of ketones is 1. The van der Waals surface area contributed by atoms with Crippen molar-refractivity contribution in [2.45, 2.75) is 51.7 Å². The number of carbonyl (C=O) groups excluding carboxylic acids is 2. The van der Waals surface area contributed by atoms with Crippen LogP contribution in [0.25, 0.3) is 16.0 Å². The Balaban J connectivity index is 1.52. The third-order valence-corrected chi connectivity index (χ3v) is 8.51. The van der Waals surface area contributed by atoms with Crippen molar-refractivity contribution in [3.05, 3.63) is 88.5 Å². The summed E-state index contributed by atoms with van der Waals surface area (Å²) >= 11 is 1.30. The van der Waals surface area contributed by atoms with Gasteiger partial charge in [-0.2, -0.15) is 0 Å². The Kier molecular flexibility index (Phi) is 6.18. The largest absolute Gasteiger partial charge is 0.507 e. The Morgan fingerprint density at radius 2 is 1.82 bits per heavy atom.